The number of hydrogen-bond donors (Lipinski definition) is 2. The fourth-order valence-corrected chi connectivity index (χ4v) is 2.06. The quantitative estimate of drug-likeness (QED) is 0.820. The molecule has 1 fully saturated rings. The van der Waals surface area contributed by atoms with E-state index in [9.17, 15) is 4.39 Å². The van der Waals surface area contributed by atoms with Crippen LogP contribution in [-0.2, 0) is 0 Å². The number of nitrogens with zero attached hydrogens (tertiary/aromatic N) is 1. The van der Waals surface area contributed by atoms with E-state index in [1.165, 1.54) is 25.1 Å². The number of anilines is 1. The number of nitrogens with one attached hydrogen (secondary N) is 2. The molecule has 1 aromatic heterocycles. The Kier molecular flexibility index (Phi) is 4.10. The highest BCUT2D eigenvalue weighted by molar-refractivity contribution is 5.33. The summed E-state index contributed by atoms with van der Waals surface area (Å²) in [6.07, 6.45) is 4.97. The lowest BCUT2D eigenvalue weighted by atomic mass is 9.96. The van der Waals surface area contributed by atoms with E-state index >= 15 is 0 Å². The SMILES string of the molecule is Fc1ccc(NCCC2CCCNC2)nc1. The molecule has 0 aromatic carbocycles. The second kappa shape index (κ2) is 5.80. The number of halogens is 1. The number of piperidine rings is 1. The Hall–Kier alpha value is -1.16. The van der Waals surface area contributed by atoms with Gasteiger partial charge < -0.3 is 10.6 Å². The van der Waals surface area contributed by atoms with E-state index in [0.29, 0.717) is 0 Å². The first-order valence-corrected chi connectivity index (χ1v) is 5.91. The van der Waals surface area contributed by atoms with Crippen LogP contribution in [-0.4, -0.2) is 24.6 Å². The van der Waals surface area contributed by atoms with Crippen molar-refractivity contribution < 1.29 is 4.39 Å². The van der Waals surface area contributed by atoms with Gasteiger partial charge in [0.05, 0.1) is 6.20 Å². The van der Waals surface area contributed by atoms with Crippen molar-refractivity contribution in [3.63, 3.8) is 0 Å². The average molecular weight is 223 g/mol. The van der Waals surface area contributed by atoms with Crippen molar-refractivity contribution >= 4 is 5.82 Å². The molecule has 1 saturated heterocycles. The van der Waals surface area contributed by atoms with Gasteiger partial charge in [0, 0.05) is 6.54 Å². The lowest BCUT2D eigenvalue weighted by Crippen LogP contribution is -2.30. The molecule has 16 heavy (non-hydrogen) atoms. The van der Waals surface area contributed by atoms with Crippen molar-refractivity contribution in [3.8, 4) is 0 Å². The summed E-state index contributed by atoms with van der Waals surface area (Å²) in [5.74, 6) is 1.23. The maximum atomic E-state index is 12.6. The second-order valence-electron chi connectivity index (χ2n) is 4.29. The van der Waals surface area contributed by atoms with Crippen molar-refractivity contribution in [2.24, 2.45) is 5.92 Å². The zero-order valence-corrected chi connectivity index (χ0v) is 9.38. The molecule has 0 amide bonds. The fraction of sp³-hybridized carbons (Fsp3) is 0.583. The molecule has 4 heteroatoms. The Morgan fingerprint density at radius 2 is 2.44 bits per heavy atom. The summed E-state index contributed by atoms with van der Waals surface area (Å²) in [5.41, 5.74) is 0. The summed E-state index contributed by atoms with van der Waals surface area (Å²) in [7, 11) is 0. The topological polar surface area (TPSA) is 37.0 Å². The van der Waals surface area contributed by atoms with E-state index < -0.39 is 0 Å². The zero-order valence-electron chi connectivity index (χ0n) is 9.38. The average Bonchev–Trinajstić information content (AvgIpc) is 2.33. The van der Waals surface area contributed by atoms with Gasteiger partial charge in [0.1, 0.15) is 11.6 Å². The van der Waals surface area contributed by atoms with Gasteiger partial charge in [-0.05, 0) is 50.4 Å². The van der Waals surface area contributed by atoms with Crippen molar-refractivity contribution in [2.45, 2.75) is 19.3 Å². The number of hydrogen-bond acceptors (Lipinski definition) is 3. The van der Waals surface area contributed by atoms with Crippen molar-refractivity contribution in [2.75, 3.05) is 25.0 Å². The van der Waals surface area contributed by atoms with Crippen LogP contribution in [0.25, 0.3) is 0 Å². The summed E-state index contributed by atoms with van der Waals surface area (Å²) < 4.78 is 12.6. The smallest absolute Gasteiger partial charge is 0.141 e. The van der Waals surface area contributed by atoms with E-state index in [4.69, 9.17) is 0 Å². The first-order valence-electron chi connectivity index (χ1n) is 5.91. The van der Waals surface area contributed by atoms with Gasteiger partial charge >= 0.3 is 0 Å². The monoisotopic (exact) mass is 223 g/mol. The van der Waals surface area contributed by atoms with Gasteiger partial charge in [-0.1, -0.05) is 0 Å². The Labute approximate surface area is 95.5 Å². The Morgan fingerprint density at radius 3 is 3.12 bits per heavy atom. The van der Waals surface area contributed by atoms with E-state index in [-0.39, 0.29) is 5.82 Å². The molecule has 0 saturated carbocycles. The highest BCUT2D eigenvalue weighted by Gasteiger charge is 2.11. The zero-order chi connectivity index (χ0) is 11.2. The molecule has 0 aliphatic carbocycles. The molecular weight excluding hydrogens is 205 g/mol. The molecule has 1 atom stereocenters. The minimum atomic E-state index is -0.290. The maximum Gasteiger partial charge on any atom is 0.141 e. The maximum absolute atomic E-state index is 12.6. The van der Waals surface area contributed by atoms with Gasteiger partial charge in [-0.15, -0.1) is 0 Å². The molecule has 2 rings (SSSR count). The van der Waals surface area contributed by atoms with Gasteiger partial charge in [0.2, 0.25) is 0 Å². The van der Waals surface area contributed by atoms with Crippen LogP contribution in [0.4, 0.5) is 10.2 Å². The van der Waals surface area contributed by atoms with Gasteiger partial charge in [-0.25, -0.2) is 9.37 Å². The van der Waals surface area contributed by atoms with Gasteiger partial charge in [-0.3, -0.25) is 0 Å². The number of aromatic nitrogens is 1. The summed E-state index contributed by atoms with van der Waals surface area (Å²) >= 11 is 0. The Balaban J connectivity index is 1.69. The summed E-state index contributed by atoms with van der Waals surface area (Å²) in [6.45, 7) is 3.19. The van der Waals surface area contributed by atoms with Crippen LogP contribution in [0, 0.1) is 11.7 Å². The molecule has 88 valence electrons. The van der Waals surface area contributed by atoms with Crippen molar-refractivity contribution in [3.05, 3.63) is 24.1 Å². The summed E-state index contributed by atoms with van der Waals surface area (Å²) in [6, 6.07) is 3.10. The molecule has 2 heterocycles. The van der Waals surface area contributed by atoms with Crippen LogP contribution >= 0.6 is 0 Å². The predicted octanol–water partition coefficient (Wildman–Crippen LogP) is 2.02. The predicted molar refractivity (Wildman–Crippen MR) is 62.9 cm³/mol. The van der Waals surface area contributed by atoms with Gasteiger partial charge in [0.15, 0.2) is 0 Å². The second-order valence-corrected chi connectivity index (χ2v) is 4.29. The standard InChI is InChI=1S/C12H18FN3/c13-11-3-4-12(16-9-11)15-7-5-10-2-1-6-14-8-10/h3-4,9-10,14H,1-2,5-8H2,(H,15,16). The van der Waals surface area contributed by atoms with Crippen LogP contribution in [0.2, 0.25) is 0 Å². The third kappa shape index (κ3) is 3.45. The molecule has 3 nitrogen and oxygen atoms in total. The molecule has 0 radical (unpaired) electrons. The van der Waals surface area contributed by atoms with Gasteiger partial charge in [-0.2, -0.15) is 0 Å². The molecule has 1 unspecified atom stereocenters. The summed E-state index contributed by atoms with van der Waals surface area (Å²) in [4.78, 5) is 3.96. The van der Waals surface area contributed by atoms with Crippen molar-refractivity contribution in [1.82, 2.24) is 10.3 Å². The normalized spacial score (nSPS) is 20.7. The Morgan fingerprint density at radius 1 is 1.50 bits per heavy atom. The van der Waals surface area contributed by atoms with Crippen LogP contribution in [0.15, 0.2) is 18.3 Å². The minimum absolute atomic E-state index is 0.290. The first kappa shape index (κ1) is 11.3. The van der Waals surface area contributed by atoms with E-state index in [2.05, 4.69) is 15.6 Å². The van der Waals surface area contributed by atoms with Crippen molar-refractivity contribution in [1.29, 1.82) is 0 Å². The molecule has 2 N–H and O–H groups in total. The largest absolute Gasteiger partial charge is 0.370 e. The number of rotatable bonds is 4. The third-order valence-electron chi connectivity index (χ3n) is 2.99. The Bertz CT molecular complexity index is 307. The molecule has 0 bridgehead atoms. The lowest BCUT2D eigenvalue weighted by molar-refractivity contribution is 0.364. The molecular formula is C12H18FN3. The molecule has 0 spiro atoms. The van der Waals surface area contributed by atoms with Crippen LogP contribution in [0.1, 0.15) is 19.3 Å². The van der Waals surface area contributed by atoms with E-state index in [1.54, 1.807) is 6.07 Å². The third-order valence-corrected chi connectivity index (χ3v) is 2.99. The first-order chi connectivity index (χ1) is 7.84. The molecule has 1 aliphatic heterocycles. The fourth-order valence-electron chi connectivity index (χ4n) is 2.06. The number of pyridine rings is 1. The molecule has 1 aliphatic rings. The van der Waals surface area contributed by atoms with Crippen LogP contribution < -0.4 is 10.6 Å². The van der Waals surface area contributed by atoms with E-state index in [0.717, 1.165) is 37.8 Å². The minimum Gasteiger partial charge on any atom is -0.370 e. The van der Waals surface area contributed by atoms with E-state index in [1.807, 2.05) is 0 Å². The summed E-state index contributed by atoms with van der Waals surface area (Å²) in [5, 5.41) is 6.61. The highest BCUT2D eigenvalue weighted by atomic mass is 19.1. The van der Waals surface area contributed by atoms with Crippen LogP contribution in [0.3, 0.4) is 0 Å². The molecule has 1 aromatic rings. The van der Waals surface area contributed by atoms with Crippen LogP contribution in [0.5, 0.6) is 0 Å². The lowest BCUT2D eigenvalue weighted by Gasteiger charge is -2.22. The highest BCUT2D eigenvalue weighted by Crippen LogP contribution is 2.14. The van der Waals surface area contributed by atoms with Gasteiger partial charge in [0.25, 0.3) is 0 Å².